The molecule has 2 aromatic carbocycles. The second-order valence-electron chi connectivity index (χ2n) is 6.84. The standard InChI is InChI=1S/C21H23N5O4S/c22-21-23-18(20(28)25-26-31(29,30)16-12-5-2-6-13-16)17(19(27)24-21)14-8-7-11-15-9-3-1-4-10-15/h1-6,9-10,12-13,26H,7-8,11,14H2,(H,25,28)(H3,22,23,24,27). The highest BCUT2D eigenvalue weighted by Gasteiger charge is 2.20. The van der Waals surface area contributed by atoms with Crippen LogP contribution in [0.1, 0.15) is 34.5 Å². The highest BCUT2D eigenvalue weighted by molar-refractivity contribution is 7.89. The lowest BCUT2D eigenvalue weighted by atomic mass is 10.0. The predicted octanol–water partition coefficient (Wildman–Crippen LogP) is 1.54. The largest absolute Gasteiger partial charge is 0.369 e. The summed E-state index contributed by atoms with van der Waals surface area (Å²) in [5.41, 5.74) is 8.28. The van der Waals surface area contributed by atoms with Gasteiger partial charge in [0.25, 0.3) is 21.5 Å². The molecule has 0 bridgehead atoms. The summed E-state index contributed by atoms with van der Waals surface area (Å²) in [6.07, 6.45) is 2.57. The number of carbonyl (C=O) groups excluding carboxylic acids is 1. The van der Waals surface area contributed by atoms with Crippen molar-refractivity contribution in [1.29, 1.82) is 0 Å². The number of carbonyl (C=O) groups is 1. The van der Waals surface area contributed by atoms with E-state index in [0.717, 1.165) is 12.8 Å². The van der Waals surface area contributed by atoms with Crippen LogP contribution in [0.15, 0.2) is 70.4 Å². The molecule has 3 rings (SSSR count). The van der Waals surface area contributed by atoms with Crippen molar-refractivity contribution in [2.24, 2.45) is 0 Å². The third-order valence-corrected chi connectivity index (χ3v) is 5.85. The Labute approximate surface area is 179 Å². The van der Waals surface area contributed by atoms with E-state index in [9.17, 15) is 18.0 Å². The average molecular weight is 442 g/mol. The minimum absolute atomic E-state index is 0.0187. The minimum atomic E-state index is -3.97. The SMILES string of the molecule is Nc1nc(C(=O)NNS(=O)(=O)c2ccccc2)c(CCCCc2ccccc2)c(=O)[nH]1. The van der Waals surface area contributed by atoms with Crippen LogP contribution in [0.3, 0.4) is 0 Å². The van der Waals surface area contributed by atoms with E-state index in [2.05, 4.69) is 15.4 Å². The molecule has 0 fully saturated rings. The quantitative estimate of drug-likeness (QED) is 0.293. The summed E-state index contributed by atoms with van der Waals surface area (Å²) in [7, 11) is -3.97. The van der Waals surface area contributed by atoms with Gasteiger partial charge in [0, 0.05) is 5.56 Å². The molecule has 0 aliphatic rings. The smallest absolute Gasteiger partial charge is 0.285 e. The number of aryl methyl sites for hydroxylation is 1. The van der Waals surface area contributed by atoms with Gasteiger partial charge in [-0.2, -0.15) is 0 Å². The van der Waals surface area contributed by atoms with Crippen molar-refractivity contribution in [3.8, 4) is 0 Å². The number of benzene rings is 2. The fourth-order valence-electron chi connectivity index (χ4n) is 3.04. The van der Waals surface area contributed by atoms with Gasteiger partial charge >= 0.3 is 0 Å². The average Bonchev–Trinajstić information content (AvgIpc) is 2.77. The Balaban J connectivity index is 1.68. The summed E-state index contributed by atoms with van der Waals surface area (Å²) in [6.45, 7) is 0. The van der Waals surface area contributed by atoms with E-state index in [0.29, 0.717) is 12.8 Å². The maximum atomic E-state index is 12.6. The molecule has 0 radical (unpaired) electrons. The number of hydrazine groups is 1. The Morgan fingerprint density at radius 2 is 1.58 bits per heavy atom. The first-order valence-electron chi connectivity index (χ1n) is 9.66. The van der Waals surface area contributed by atoms with Crippen molar-refractivity contribution in [2.45, 2.75) is 30.6 Å². The lowest BCUT2D eigenvalue weighted by molar-refractivity contribution is 0.0938. The molecule has 10 heteroatoms. The summed E-state index contributed by atoms with van der Waals surface area (Å²) in [5.74, 6) is -1.09. The highest BCUT2D eigenvalue weighted by Crippen LogP contribution is 2.11. The number of nitrogens with one attached hydrogen (secondary N) is 3. The van der Waals surface area contributed by atoms with Gasteiger partial charge in [0.2, 0.25) is 5.95 Å². The zero-order valence-corrected chi connectivity index (χ0v) is 17.5. The number of nitrogen functional groups attached to an aromatic ring is 1. The van der Waals surface area contributed by atoms with Crippen LogP contribution in [0.25, 0.3) is 0 Å². The van der Waals surface area contributed by atoms with Gasteiger partial charge in [0.15, 0.2) is 0 Å². The second kappa shape index (κ2) is 10.0. The highest BCUT2D eigenvalue weighted by atomic mass is 32.2. The number of anilines is 1. The van der Waals surface area contributed by atoms with Crippen LogP contribution >= 0.6 is 0 Å². The van der Waals surface area contributed by atoms with Gasteiger partial charge < -0.3 is 5.73 Å². The molecule has 162 valence electrons. The predicted molar refractivity (Wildman–Crippen MR) is 117 cm³/mol. The molecule has 9 nitrogen and oxygen atoms in total. The van der Waals surface area contributed by atoms with E-state index in [4.69, 9.17) is 5.73 Å². The lowest BCUT2D eigenvalue weighted by Crippen LogP contribution is -2.43. The number of hydrogen-bond acceptors (Lipinski definition) is 6. The summed E-state index contributed by atoms with van der Waals surface area (Å²) in [5, 5.41) is 0. The van der Waals surface area contributed by atoms with Crippen LogP contribution in [-0.2, 0) is 22.9 Å². The zero-order valence-electron chi connectivity index (χ0n) is 16.7. The zero-order chi connectivity index (χ0) is 22.3. The molecule has 1 heterocycles. The van der Waals surface area contributed by atoms with E-state index < -0.39 is 21.5 Å². The van der Waals surface area contributed by atoms with E-state index in [1.165, 1.54) is 17.7 Å². The van der Waals surface area contributed by atoms with Gasteiger partial charge in [0.05, 0.1) is 4.90 Å². The number of hydrogen-bond donors (Lipinski definition) is 4. The molecule has 1 amide bonds. The molecule has 0 aliphatic heterocycles. The van der Waals surface area contributed by atoms with Crippen molar-refractivity contribution in [3.63, 3.8) is 0 Å². The molecule has 3 aromatic rings. The molecule has 5 N–H and O–H groups in total. The van der Waals surface area contributed by atoms with Crippen LogP contribution in [0.4, 0.5) is 5.95 Å². The van der Waals surface area contributed by atoms with Gasteiger partial charge in [-0.3, -0.25) is 20.0 Å². The first-order chi connectivity index (χ1) is 14.9. The van der Waals surface area contributed by atoms with Crippen molar-refractivity contribution in [1.82, 2.24) is 20.2 Å². The molecular weight excluding hydrogens is 418 g/mol. The Bertz CT molecular complexity index is 1200. The van der Waals surface area contributed by atoms with Gasteiger partial charge in [-0.15, -0.1) is 4.83 Å². The number of aromatic nitrogens is 2. The summed E-state index contributed by atoms with van der Waals surface area (Å²) in [6, 6.07) is 17.5. The third kappa shape index (κ3) is 6.00. The molecular formula is C21H23N5O4S. The summed E-state index contributed by atoms with van der Waals surface area (Å²) >= 11 is 0. The minimum Gasteiger partial charge on any atom is -0.369 e. The molecule has 1 aromatic heterocycles. The van der Waals surface area contributed by atoms with Crippen LogP contribution in [-0.4, -0.2) is 24.3 Å². The van der Waals surface area contributed by atoms with Crippen molar-refractivity contribution < 1.29 is 13.2 Å². The number of nitrogens with zero attached hydrogens (tertiary/aromatic N) is 1. The maximum Gasteiger partial charge on any atom is 0.285 e. The molecule has 0 saturated heterocycles. The number of aromatic amines is 1. The summed E-state index contributed by atoms with van der Waals surface area (Å²) < 4.78 is 24.6. The lowest BCUT2D eigenvalue weighted by Gasteiger charge is -2.11. The first kappa shape index (κ1) is 22.2. The number of nitrogens with two attached hydrogens (primary N) is 1. The van der Waals surface area contributed by atoms with Gasteiger partial charge in [-0.1, -0.05) is 48.5 Å². The fourth-order valence-corrected chi connectivity index (χ4v) is 3.90. The summed E-state index contributed by atoms with van der Waals surface area (Å²) in [4.78, 5) is 33.2. The Kier molecular flexibility index (Phi) is 7.16. The third-order valence-electron chi connectivity index (χ3n) is 4.59. The van der Waals surface area contributed by atoms with Crippen LogP contribution in [0.2, 0.25) is 0 Å². The number of rotatable bonds is 9. The molecule has 0 spiro atoms. The molecule has 0 unspecified atom stereocenters. The fraction of sp³-hybridized carbons (Fsp3) is 0.190. The van der Waals surface area contributed by atoms with E-state index in [1.807, 2.05) is 35.2 Å². The van der Waals surface area contributed by atoms with Crippen molar-refractivity contribution in [2.75, 3.05) is 5.73 Å². The number of unbranched alkanes of at least 4 members (excludes halogenated alkanes) is 1. The Hall–Kier alpha value is -3.50. The van der Waals surface area contributed by atoms with Crippen LogP contribution in [0, 0.1) is 0 Å². The molecule has 0 atom stereocenters. The van der Waals surface area contributed by atoms with E-state index in [1.54, 1.807) is 18.2 Å². The van der Waals surface area contributed by atoms with Crippen LogP contribution < -0.4 is 21.5 Å². The Morgan fingerprint density at radius 1 is 0.968 bits per heavy atom. The molecule has 0 aliphatic carbocycles. The van der Waals surface area contributed by atoms with Crippen molar-refractivity contribution in [3.05, 3.63) is 87.8 Å². The van der Waals surface area contributed by atoms with Crippen molar-refractivity contribution >= 4 is 21.9 Å². The number of H-pyrrole nitrogens is 1. The monoisotopic (exact) mass is 441 g/mol. The van der Waals surface area contributed by atoms with Crippen LogP contribution in [0.5, 0.6) is 0 Å². The van der Waals surface area contributed by atoms with E-state index in [-0.39, 0.29) is 22.1 Å². The Morgan fingerprint density at radius 3 is 2.26 bits per heavy atom. The second-order valence-corrected chi connectivity index (χ2v) is 8.53. The number of amides is 1. The topological polar surface area (TPSA) is 147 Å². The van der Waals surface area contributed by atoms with Gasteiger partial charge in [0.1, 0.15) is 5.69 Å². The molecule has 31 heavy (non-hydrogen) atoms. The molecule has 0 saturated carbocycles. The maximum absolute atomic E-state index is 12.6. The van der Waals surface area contributed by atoms with Gasteiger partial charge in [-0.05, 0) is 43.4 Å². The van der Waals surface area contributed by atoms with Gasteiger partial charge in [-0.25, -0.2) is 13.4 Å². The van der Waals surface area contributed by atoms with E-state index >= 15 is 0 Å². The first-order valence-corrected chi connectivity index (χ1v) is 11.1. The number of sulfonamides is 1. The normalized spacial score (nSPS) is 11.2.